The summed E-state index contributed by atoms with van der Waals surface area (Å²) in [4.78, 5) is 24.3. The van der Waals surface area contributed by atoms with E-state index >= 15 is 0 Å². The van der Waals surface area contributed by atoms with Crippen molar-refractivity contribution < 1.29 is 23.8 Å². The number of rotatable bonds is 9. The van der Waals surface area contributed by atoms with Crippen LogP contribution in [0.25, 0.3) is 0 Å². The molecule has 2 aromatic carbocycles. The van der Waals surface area contributed by atoms with Crippen LogP contribution < -0.4 is 24.8 Å². The van der Waals surface area contributed by atoms with Crippen LogP contribution in [0.5, 0.6) is 17.2 Å². The Morgan fingerprint density at radius 2 is 1.16 bits per heavy atom. The van der Waals surface area contributed by atoms with Crippen LogP contribution in [0.15, 0.2) is 48.5 Å². The van der Waals surface area contributed by atoms with Gasteiger partial charge in [0.15, 0.2) is 13.2 Å². The molecule has 2 N–H and O–H groups in total. The van der Waals surface area contributed by atoms with Crippen molar-refractivity contribution in [3.63, 3.8) is 0 Å². The van der Waals surface area contributed by atoms with Crippen LogP contribution in [-0.4, -0.2) is 44.2 Å². The number of nitrogens with one attached hydrogen (secondary N) is 2. The van der Waals surface area contributed by atoms with Crippen molar-refractivity contribution in [2.45, 2.75) is 37.8 Å². The molecule has 1 aliphatic rings. The molecule has 2 amide bonds. The monoisotopic (exact) mass is 446 g/mol. The fourth-order valence-corrected chi connectivity index (χ4v) is 3.55. The van der Waals surface area contributed by atoms with Crippen LogP contribution in [0, 0.1) is 0 Å². The second-order valence-corrected chi connectivity index (χ2v) is 7.83. The predicted octanol–water partition coefficient (Wildman–Crippen LogP) is 3.35. The van der Waals surface area contributed by atoms with Crippen molar-refractivity contribution in [1.82, 2.24) is 10.6 Å². The molecule has 0 spiro atoms. The third kappa shape index (κ3) is 7.68. The van der Waals surface area contributed by atoms with E-state index in [0.717, 1.165) is 31.4 Å². The summed E-state index contributed by atoms with van der Waals surface area (Å²) in [7, 11) is 1.60. The molecule has 1 aliphatic carbocycles. The summed E-state index contributed by atoms with van der Waals surface area (Å²) >= 11 is 5.83. The Bertz CT molecular complexity index is 849. The molecule has 7 nitrogen and oxygen atoms in total. The minimum atomic E-state index is -0.157. The molecule has 0 bridgehead atoms. The molecule has 0 radical (unpaired) electrons. The molecule has 0 aromatic heterocycles. The zero-order valence-electron chi connectivity index (χ0n) is 17.4. The van der Waals surface area contributed by atoms with Crippen molar-refractivity contribution in [1.29, 1.82) is 0 Å². The van der Waals surface area contributed by atoms with Gasteiger partial charge in [-0.1, -0.05) is 11.6 Å². The Labute approximate surface area is 187 Å². The minimum absolute atomic E-state index is 0.0367. The zero-order valence-corrected chi connectivity index (χ0v) is 18.2. The van der Waals surface area contributed by atoms with E-state index < -0.39 is 0 Å². The van der Waals surface area contributed by atoms with E-state index in [9.17, 15) is 9.59 Å². The number of ether oxygens (including phenoxy) is 3. The highest BCUT2D eigenvalue weighted by Gasteiger charge is 2.23. The first kappa shape index (κ1) is 22.7. The topological polar surface area (TPSA) is 85.9 Å². The van der Waals surface area contributed by atoms with Gasteiger partial charge >= 0.3 is 0 Å². The second-order valence-electron chi connectivity index (χ2n) is 7.39. The maximum Gasteiger partial charge on any atom is 0.258 e. The van der Waals surface area contributed by atoms with E-state index in [4.69, 9.17) is 25.8 Å². The van der Waals surface area contributed by atoms with Crippen molar-refractivity contribution in [2.75, 3.05) is 20.3 Å². The van der Waals surface area contributed by atoms with Crippen molar-refractivity contribution >= 4 is 23.4 Å². The molecule has 2 aromatic rings. The molecular formula is C23H27ClN2O5. The molecule has 1 saturated carbocycles. The van der Waals surface area contributed by atoms with E-state index in [0.29, 0.717) is 16.5 Å². The largest absolute Gasteiger partial charge is 0.497 e. The van der Waals surface area contributed by atoms with Gasteiger partial charge in [-0.2, -0.15) is 0 Å². The van der Waals surface area contributed by atoms with Crippen LogP contribution in [0.4, 0.5) is 0 Å². The Hall–Kier alpha value is -2.93. The number of carbonyl (C=O) groups is 2. The van der Waals surface area contributed by atoms with Gasteiger partial charge in [-0.25, -0.2) is 0 Å². The highest BCUT2D eigenvalue weighted by Crippen LogP contribution is 2.20. The summed E-state index contributed by atoms with van der Waals surface area (Å²) in [5, 5.41) is 6.61. The molecular weight excluding hydrogens is 420 g/mol. The Morgan fingerprint density at radius 1 is 0.774 bits per heavy atom. The van der Waals surface area contributed by atoms with E-state index in [1.165, 1.54) is 0 Å². The third-order valence-corrected chi connectivity index (χ3v) is 5.32. The van der Waals surface area contributed by atoms with Crippen molar-refractivity contribution in [3.05, 3.63) is 53.6 Å². The standard InChI is InChI=1S/C23H27ClN2O5/c1-29-19-10-12-21(13-11-19)31-15-23(28)26-18-6-4-17(5-7-18)25-22(27)14-30-20-8-2-16(24)3-9-20/h2-3,8-13,17-18H,4-7,14-15H2,1H3,(H,25,27)(H,26,28). The number of amides is 2. The van der Waals surface area contributed by atoms with Gasteiger partial charge in [0.25, 0.3) is 11.8 Å². The number of hydrogen-bond donors (Lipinski definition) is 2. The number of benzene rings is 2. The first-order valence-corrected chi connectivity index (χ1v) is 10.6. The molecule has 31 heavy (non-hydrogen) atoms. The average Bonchev–Trinajstić information content (AvgIpc) is 2.79. The molecule has 0 aliphatic heterocycles. The van der Waals surface area contributed by atoms with Crippen LogP contribution in [0.2, 0.25) is 5.02 Å². The van der Waals surface area contributed by atoms with Gasteiger partial charge in [0.1, 0.15) is 17.2 Å². The highest BCUT2D eigenvalue weighted by atomic mass is 35.5. The fourth-order valence-electron chi connectivity index (χ4n) is 3.42. The summed E-state index contributed by atoms with van der Waals surface area (Å²) < 4.78 is 16.1. The maximum atomic E-state index is 12.2. The van der Waals surface area contributed by atoms with E-state index in [1.807, 2.05) is 0 Å². The molecule has 3 rings (SSSR count). The SMILES string of the molecule is COc1ccc(OCC(=O)NC2CCC(NC(=O)COc3ccc(Cl)cc3)CC2)cc1. The Balaban J connectivity index is 1.30. The molecule has 8 heteroatoms. The van der Waals surface area contributed by atoms with Crippen LogP contribution in [0.3, 0.4) is 0 Å². The van der Waals surface area contributed by atoms with E-state index in [1.54, 1.807) is 55.6 Å². The van der Waals surface area contributed by atoms with E-state index in [-0.39, 0.29) is 37.1 Å². The molecule has 0 atom stereocenters. The quantitative estimate of drug-likeness (QED) is 0.617. The molecule has 0 saturated heterocycles. The molecule has 1 fully saturated rings. The van der Waals surface area contributed by atoms with Gasteiger partial charge in [-0.3, -0.25) is 9.59 Å². The third-order valence-electron chi connectivity index (χ3n) is 5.07. The highest BCUT2D eigenvalue weighted by molar-refractivity contribution is 6.30. The van der Waals surface area contributed by atoms with Crippen LogP contribution in [0.1, 0.15) is 25.7 Å². The Morgan fingerprint density at radius 3 is 1.58 bits per heavy atom. The first-order valence-electron chi connectivity index (χ1n) is 10.3. The summed E-state index contributed by atoms with van der Waals surface area (Å²) in [5.41, 5.74) is 0. The fraction of sp³-hybridized carbons (Fsp3) is 0.391. The number of hydrogen-bond acceptors (Lipinski definition) is 5. The van der Waals surface area contributed by atoms with Gasteiger partial charge in [-0.05, 0) is 74.2 Å². The summed E-state index contributed by atoms with van der Waals surface area (Å²) in [6, 6.07) is 14.1. The minimum Gasteiger partial charge on any atom is -0.497 e. The van der Waals surface area contributed by atoms with Crippen LogP contribution >= 0.6 is 11.6 Å². The number of carbonyl (C=O) groups excluding carboxylic acids is 2. The lowest BCUT2D eigenvalue weighted by Gasteiger charge is -2.29. The lowest BCUT2D eigenvalue weighted by molar-refractivity contribution is -0.125. The van der Waals surface area contributed by atoms with Crippen molar-refractivity contribution in [3.8, 4) is 17.2 Å². The lowest BCUT2D eigenvalue weighted by atomic mass is 9.91. The Kier molecular flexibility index (Phi) is 8.41. The van der Waals surface area contributed by atoms with Gasteiger partial charge in [0.05, 0.1) is 7.11 Å². The maximum absolute atomic E-state index is 12.2. The second kappa shape index (κ2) is 11.5. The zero-order chi connectivity index (χ0) is 22.1. The van der Waals surface area contributed by atoms with Gasteiger partial charge in [0, 0.05) is 17.1 Å². The van der Waals surface area contributed by atoms with E-state index in [2.05, 4.69) is 10.6 Å². The van der Waals surface area contributed by atoms with Crippen molar-refractivity contribution in [2.24, 2.45) is 0 Å². The molecule has 166 valence electrons. The smallest absolute Gasteiger partial charge is 0.258 e. The van der Waals surface area contributed by atoms with Gasteiger partial charge in [0.2, 0.25) is 0 Å². The van der Waals surface area contributed by atoms with Crippen LogP contribution in [-0.2, 0) is 9.59 Å². The van der Waals surface area contributed by atoms with Gasteiger partial charge in [-0.15, -0.1) is 0 Å². The average molecular weight is 447 g/mol. The summed E-state index contributed by atoms with van der Waals surface area (Å²) in [6.45, 7) is -0.0774. The number of methoxy groups -OCH3 is 1. The van der Waals surface area contributed by atoms with Gasteiger partial charge < -0.3 is 24.8 Å². The number of halogens is 1. The molecule has 0 unspecified atom stereocenters. The lowest BCUT2D eigenvalue weighted by Crippen LogP contribution is -2.45. The molecule has 0 heterocycles. The summed E-state index contributed by atoms with van der Waals surface area (Å²) in [6.07, 6.45) is 3.21. The first-order chi connectivity index (χ1) is 15.0. The predicted molar refractivity (Wildman–Crippen MR) is 118 cm³/mol. The summed E-state index contributed by atoms with van der Waals surface area (Å²) in [5.74, 6) is 1.64. The normalized spacial score (nSPS) is 18.0.